The number of nitrogens with one attached hydrogen (secondary N) is 2. The number of benzene rings is 4. The fourth-order valence-electron chi connectivity index (χ4n) is 8.54. The van der Waals surface area contributed by atoms with E-state index in [2.05, 4.69) is 49.3 Å². The normalized spacial score (nSPS) is 16.1. The number of hydrogen-bond donors (Lipinski definition) is 2. The van der Waals surface area contributed by atoms with E-state index < -0.39 is 6.04 Å². The molecule has 67 heavy (non-hydrogen) atoms. The van der Waals surface area contributed by atoms with Gasteiger partial charge < -0.3 is 26.6 Å². The minimum absolute atomic E-state index is 0. The summed E-state index contributed by atoms with van der Waals surface area (Å²) in [5.41, 5.74) is 7.98. The van der Waals surface area contributed by atoms with E-state index in [1.54, 1.807) is 36.0 Å². The predicted octanol–water partition coefficient (Wildman–Crippen LogP) is 6.90. The zero-order valence-corrected chi connectivity index (χ0v) is 42.0. The Morgan fingerprint density at radius 1 is 0.881 bits per heavy atom. The first kappa shape index (κ1) is 50.8. The fourth-order valence-corrected chi connectivity index (χ4v) is 8.54. The van der Waals surface area contributed by atoms with Gasteiger partial charge in [0.05, 0.1) is 5.69 Å². The third-order valence-corrected chi connectivity index (χ3v) is 12.6. The van der Waals surface area contributed by atoms with E-state index in [1.807, 2.05) is 78.6 Å². The largest absolute Gasteiger partial charge is 0.343 e. The third-order valence-electron chi connectivity index (χ3n) is 12.6. The van der Waals surface area contributed by atoms with Crippen LogP contribution in [-0.4, -0.2) is 92.6 Å². The van der Waals surface area contributed by atoms with E-state index in [1.165, 1.54) is 10.5 Å². The summed E-state index contributed by atoms with van der Waals surface area (Å²) in [4.78, 5) is 85.2. The molecule has 3 aliphatic rings. The number of aryl methyl sites for hydroxylation is 1. The standard InChI is InChI=1S/C40H48N5O3.C13H11N2O3.Y/c1-7-8-9-21-44-22-24-45(25-23-44)38(47)31-15-13-29(14-16-31)26-35-39(48)43(6)27-36(41-35)33-11-10-12-34(28(33)2)42-37(46)30-17-19-32(20-18-30)40(3,4)5;16-11-6-5-10(12(17)14-11)15-7-8-3-1-2-4-9(8)13(15)18;/h10-20,27H,1,7-9,21-26H2,2-6H3,(H,42,46);1-2,4,10H,5-7H2,(H,14,16,17);/q2*-1;. The van der Waals surface area contributed by atoms with Crippen LogP contribution in [-0.2, 0) is 67.7 Å². The molecular weight excluding hydrogens is 920 g/mol. The molecule has 4 aromatic carbocycles. The maximum atomic E-state index is 13.2. The smallest absolute Gasteiger partial charge is 0.272 e. The molecule has 0 bridgehead atoms. The van der Waals surface area contributed by atoms with Crippen LogP contribution in [0.15, 0.2) is 95.9 Å². The first-order valence-electron chi connectivity index (χ1n) is 22.7. The summed E-state index contributed by atoms with van der Waals surface area (Å²) in [6.07, 6.45) is 5.99. The molecule has 4 heterocycles. The van der Waals surface area contributed by atoms with E-state index >= 15 is 0 Å². The molecule has 2 saturated heterocycles. The molecule has 8 rings (SSSR count). The van der Waals surface area contributed by atoms with Crippen molar-refractivity contribution in [3.8, 4) is 11.3 Å². The van der Waals surface area contributed by atoms with Gasteiger partial charge in [0.15, 0.2) is 5.91 Å². The van der Waals surface area contributed by atoms with Gasteiger partial charge in [0, 0.05) is 114 Å². The van der Waals surface area contributed by atoms with Crippen molar-refractivity contribution in [2.75, 3.05) is 38.0 Å². The zero-order valence-electron chi connectivity index (χ0n) is 39.2. The van der Waals surface area contributed by atoms with Gasteiger partial charge in [-0.05, 0) is 78.7 Å². The van der Waals surface area contributed by atoms with E-state index in [0.717, 1.165) is 74.2 Å². The van der Waals surface area contributed by atoms with E-state index in [0.29, 0.717) is 53.2 Å². The van der Waals surface area contributed by atoms with Gasteiger partial charge in [-0.1, -0.05) is 69.2 Å². The van der Waals surface area contributed by atoms with Crippen molar-refractivity contribution >= 4 is 35.2 Å². The van der Waals surface area contributed by atoms with Crippen molar-refractivity contribution in [1.82, 2.24) is 29.6 Å². The Hall–Kier alpha value is -5.63. The predicted molar refractivity (Wildman–Crippen MR) is 255 cm³/mol. The van der Waals surface area contributed by atoms with Gasteiger partial charge in [-0.25, -0.2) is 4.98 Å². The van der Waals surface area contributed by atoms with Crippen molar-refractivity contribution in [3.05, 3.63) is 159 Å². The summed E-state index contributed by atoms with van der Waals surface area (Å²) in [5.74, 6) is -0.954. The van der Waals surface area contributed by atoms with Crippen LogP contribution in [0.3, 0.4) is 0 Å². The van der Waals surface area contributed by atoms with Crippen LogP contribution in [0.2, 0.25) is 0 Å². The molecule has 1 atom stereocenters. The van der Waals surface area contributed by atoms with Gasteiger partial charge in [-0.2, -0.15) is 30.7 Å². The molecular formula is C53H59N7O6Y-2. The Kier molecular flexibility index (Phi) is 17.0. The van der Waals surface area contributed by atoms with Crippen LogP contribution >= 0.6 is 0 Å². The van der Waals surface area contributed by atoms with Gasteiger partial charge in [0.25, 0.3) is 17.4 Å². The van der Waals surface area contributed by atoms with Crippen molar-refractivity contribution in [2.45, 2.75) is 84.2 Å². The van der Waals surface area contributed by atoms with Gasteiger partial charge >= 0.3 is 0 Å². The van der Waals surface area contributed by atoms with Crippen LogP contribution in [0.1, 0.15) is 112 Å². The quantitative estimate of drug-likeness (QED) is 0.0824. The number of aromatic nitrogens is 2. The number of rotatable bonds is 11. The minimum Gasteiger partial charge on any atom is -0.343 e. The zero-order chi connectivity index (χ0) is 47.1. The third kappa shape index (κ3) is 12.3. The van der Waals surface area contributed by atoms with Gasteiger partial charge in [-0.3, -0.25) is 39.0 Å². The Balaban J connectivity index is 0.000000323. The van der Waals surface area contributed by atoms with E-state index in [4.69, 9.17) is 4.98 Å². The van der Waals surface area contributed by atoms with Crippen molar-refractivity contribution in [2.24, 2.45) is 7.05 Å². The van der Waals surface area contributed by atoms with E-state index in [-0.39, 0.29) is 79.6 Å². The number of carbonyl (C=O) groups is 5. The molecule has 13 nitrogen and oxygen atoms in total. The van der Waals surface area contributed by atoms with Crippen molar-refractivity contribution in [3.63, 3.8) is 0 Å². The molecule has 2 N–H and O–H groups in total. The first-order valence-corrected chi connectivity index (χ1v) is 22.7. The van der Waals surface area contributed by atoms with Crippen LogP contribution in [0.4, 0.5) is 5.69 Å². The average molecular weight is 979 g/mol. The van der Waals surface area contributed by atoms with Crippen LogP contribution < -0.4 is 16.2 Å². The average Bonchev–Trinajstić information content (AvgIpc) is 3.64. The molecule has 0 aliphatic carbocycles. The molecule has 2 fully saturated rings. The molecule has 0 spiro atoms. The monoisotopic (exact) mass is 978 g/mol. The molecule has 5 amide bonds. The minimum atomic E-state index is -0.545. The second-order valence-electron chi connectivity index (χ2n) is 18.3. The topological polar surface area (TPSA) is 154 Å². The molecule has 1 radical (unpaired) electrons. The maximum Gasteiger partial charge on any atom is 0.272 e. The van der Waals surface area contributed by atoms with Crippen LogP contribution in [0, 0.1) is 19.9 Å². The molecule has 1 unspecified atom stereocenters. The SMILES string of the molecule is O=C1CCC(N2Cc3[c-]cccc3C2=O)C(=O)N1.[CH2-]CCCCN1CCN(C(=O)c2ccc(Cc3nc(-c4cccc(NC(=O)c5ccc(C(C)(C)C)cc5)c4C)cn(C)c3=O)cc2)CC1.[Y]. The molecule has 347 valence electrons. The van der Waals surface area contributed by atoms with Gasteiger partial charge in [0.1, 0.15) is 11.7 Å². The van der Waals surface area contributed by atoms with Crippen molar-refractivity contribution < 1.29 is 56.7 Å². The Morgan fingerprint density at radius 2 is 1.57 bits per heavy atom. The number of anilines is 1. The number of fused-ring (bicyclic) bond motifs is 1. The number of piperazine rings is 1. The Labute approximate surface area is 418 Å². The second-order valence-corrected chi connectivity index (χ2v) is 18.3. The fraction of sp³-hybridized carbons (Fsp3) is 0.358. The number of nitrogens with zero attached hydrogens (tertiary/aromatic N) is 5. The second kappa shape index (κ2) is 22.4. The molecule has 14 heteroatoms. The first-order chi connectivity index (χ1) is 31.6. The summed E-state index contributed by atoms with van der Waals surface area (Å²) in [7, 11) is 1.72. The van der Waals surface area contributed by atoms with Gasteiger partial charge in [0.2, 0.25) is 11.8 Å². The molecule has 3 aliphatic heterocycles. The van der Waals surface area contributed by atoms with Crippen LogP contribution in [0.25, 0.3) is 11.3 Å². The van der Waals surface area contributed by atoms with Gasteiger partial charge in [-0.15, -0.1) is 5.56 Å². The number of imide groups is 1. The molecule has 1 aromatic heterocycles. The Morgan fingerprint density at radius 3 is 2.22 bits per heavy atom. The number of piperidine rings is 1. The summed E-state index contributed by atoms with van der Waals surface area (Å²) in [6.45, 7) is 17.0. The molecule has 5 aromatic rings. The van der Waals surface area contributed by atoms with Crippen LogP contribution in [0.5, 0.6) is 0 Å². The maximum absolute atomic E-state index is 13.2. The number of amides is 5. The molecule has 0 saturated carbocycles. The summed E-state index contributed by atoms with van der Waals surface area (Å²) in [5, 5.41) is 5.33. The number of unbranched alkanes of at least 4 members (excludes halogenated alkanes) is 2. The summed E-state index contributed by atoms with van der Waals surface area (Å²) in [6, 6.07) is 28.6. The van der Waals surface area contributed by atoms with E-state index in [9.17, 15) is 28.8 Å². The summed E-state index contributed by atoms with van der Waals surface area (Å²) < 4.78 is 1.55. The number of hydrogen-bond acceptors (Lipinski definition) is 8. The Bertz CT molecular complexity index is 2670. The van der Waals surface area contributed by atoms with Crippen molar-refractivity contribution in [1.29, 1.82) is 0 Å². The summed E-state index contributed by atoms with van der Waals surface area (Å²) >= 11 is 0. The number of carbonyl (C=O) groups excluding carboxylic acids is 5.